The van der Waals surface area contributed by atoms with Crippen LogP contribution >= 0.6 is 0 Å². The topological polar surface area (TPSA) is 81.7 Å². The summed E-state index contributed by atoms with van der Waals surface area (Å²) in [5.74, 6) is 0.606. The molecule has 1 aromatic rings. The van der Waals surface area contributed by atoms with Crippen molar-refractivity contribution in [2.45, 2.75) is 19.4 Å². The lowest BCUT2D eigenvalue weighted by molar-refractivity contribution is 0.0187. The Labute approximate surface area is 130 Å². The van der Waals surface area contributed by atoms with Crippen LogP contribution in [0.4, 0.5) is 0 Å². The normalized spacial score (nSPS) is 22.3. The summed E-state index contributed by atoms with van der Waals surface area (Å²) in [6.45, 7) is 2.86. The number of ether oxygens (including phenoxy) is 2. The number of rotatable bonds is 6. The second kappa shape index (κ2) is 7.21. The monoisotopic (exact) mass is 327 g/mol. The molecular formula is C15H21NO5S. The highest BCUT2D eigenvalue weighted by Crippen LogP contribution is 2.19. The van der Waals surface area contributed by atoms with Crippen molar-refractivity contribution in [1.82, 2.24) is 4.72 Å². The molecule has 1 aliphatic heterocycles. The molecule has 2 atom stereocenters. The number of nitrogens with one attached hydrogen (secondary N) is 1. The average molecular weight is 327 g/mol. The molecule has 1 saturated heterocycles. The van der Waals surface area contributed by atoms with Gasteiger partial charge in [0.25, 0.3) is 0 Å². The van der Waals surface area contributed by atoms with E-state index in [4.69, 9.17) is 9.47 Å². The minimum absolute atomic E-state index is 0.00430. The molecule has 2 rings (SSSR count). The van der Waals surface area contributed by atoms with Gasteiger partial charge in [-0.25, -0.2) is 13.1 Å². The molecule has 7 heteroatoms. The minimum Gasteiger partial charge on any atom is -0.493 e. The van der Waals surface area contributed by atoms with Gasteiger partial charge in [-0.1, -0.05) is 0 Å². The van der Waals surface area contributed by atoms with Crippen LogP contribution in [-0.4, -0.2) is 46.3 Å². The number of ketones is 1. The molecule has 22 heavy (non-hydrogen) atoms. The summed E-state index contributed by atoms with van der Waals surface area (Å²) in [5.41, 5.74) is 0.630. The van der Waals surface area contributed by atoms with Gasteiger partial charge < -0.3 is 9.47 Å². The average Bonchev–Trinajstić information content (AvgIpc) is 2.45. The van der Waals surface area contributed by atoms with E-state index >= 15 is 0 Å². The van der Waals surface area contributed by atoms with Crippen molar-refractivity contribution in [2.24, 2.45) is 5.92 Å². The summed E-state index contributed by atoms with van der Waals surface area (Å²) >= 11 is 0. The first-order valence-corrected chi connectivity index (χ1v) is 9.03. The van der Waals surface area contributed by atoms with Crippen molar-refractivity contribution in [3.05, 3.63) is 29.8 Å². The van der Waals surface area contributed by atoms with Crippen molar-refractivity contribution in [1.29, 1.82) is 0 Å². The predicted octanol–water partition coefficient (Wildman–Crippen LogP) is 1.22. The van der Waals surface area contributed by atoms with Crippen LogP contribution in [0.3, 0.4) is 0 Å². The Morgan fingerprint density at radius 1 is 1.36 bits per heavy atom. The third kappa shape index (κ3) is 5.08. The first-order valence-electron chi connectivity index (χ1n) is 7.14. The molecule has 0 radical (unpaired) electrons. The fraction of sp³-hybridized carbons (Fsp3) is 0.533. The predicted molar refractivity (Wildman–Crippen MR) is 82.6 cm³/mol. The van der Waals surface area contributed by atoms with Crippen molar-refractivity contribution in [3.8, 4) is 5.75 Å². The molecule has 1 fully saturated rings. The molecular weight excluding hydrogens is 306 g/mol. The lowest BCUT2D eigenvalue weighted by atomic mass is 9.98. The molecule has 0 spiro atoms. The number of benzene rings is 1. The van der Waals surface area contributed by atoms with E-state index in [1.54, 1.807) is 24.3 Å². The molecule has 0 aliphatic carbocycles. The highest BCUT2D eigenvalue weighted by atomic mass is 32.2. The maximum atomic E-state index is 11.4. The van der Waals surface area contributed by atoms with E-state index in [0.29, 0.717) is 37.6 Å². The fourth-order valence-electron chi connectivity index (χ4n) is 2.38. The van der Waals surface area contributed by atoms with E-state index in [2.05, 4.69) is 4.72 Å². The molecule has 1 aliphatic rings. The molecule has 122 valence electrons. The quantitative estimate of drug-likeness (QED) is 0.795. The summed E-state index contributed by atoms with van der Waals surface area (Å²) < 4.78 is 36.5. The smallest absolute Gasteiger partial charge is 0.208 e. The minimum atomic E-state index is -3.25. The molecule has 0 bridgehead atoms. The van der Waals surface area contributed by atoms with E-state index in [0.717, 1.165) is 6.26 Å². The second-order valence-electron chi connectivity index (χ2n) is 5.51. The number of hydrogen-bond donors (Lipinski definition) is 1. The van der Waals surface area contributed by atoms with Crippen molar-refractivity contribution < 1.29 is 22.7 Å². The second-order valence-corrected chi connectivity index (χ2v) is 7.29. The number of carbonyl (C=O) groups excluding carboxylic acids is 1. The first-order chi connectivity index (χ1) is 10.3. The number of carbonyl (C=O) groups is 1. The molecule has 0 saturated carbocycles. The maximum absolute atomic E-state index is 11.4. The Bertz CT molecular complexity index is 611. The molecule has 1 aromatic carbocycles. The lowest BCUT2D eigenvalue weighted by Gasteiger charge is -2.31. The zero-order chi connectivity index (χ0) is 16.2. The van der Waals surface area contributed by atoms with Crippen LogP contribution in [0.1, 0.15) is 23.7 Å². The van der Waals surface area contributed by atoms with Crippen LogP contribution in [0.5, 0.6) is 5.75 Å². The van der Waals surface area contributed by atoms with E-state index < -0.39 is 10.0 Å². The first kappa shape index (κ1) is 16.9. The third-order valence-corrected chi connectivity index (χ3v) is 4.30. The molecule has 0 aromatic heterocycles. The molecule has 1 heterocycles. The van der Waals surface area contributed by atoms with Gasteiger partial charge in [-0.3, -0.25) is 4.79 Å². The molecule has 0 amide bonds. The number of Topliss-reactive ketones (excluding diaryl/α,β-unsaturated/α-hetero) is 1. The zero-order valence-corrected chi connectivity index (χ0v) is 13.6. The lowest BCUT2D eigenvalue weighted by Crippen LogP contribution is -2.47. The van der Waals surface area contributed by atoms with E-state index in [-0.39, 0.29) is 17.7 Å². The van der Waals surface area contributed by atoms with Gasteiger partial charge in [-0.2, -0.15) is 0 Å². The highest BCUT2D eigenvalue weighted by molar-refractivity contribution is 7.88. The van der Waals surface area contributed by atoms with E-state index in [1.165, 1.54) is 6.92 Å². The van der Waals surface area contributed by atoms with Crippen LogP contribution in [0, 0.1) is 5.92 Å². The number of hydrogen-bond acceptors (Lipinski definition) is 5. The van der Waals surface area contributed by atoms with Gasteiger partial charge in [0, 0.05) is 24.1 Å². The fourth-order valence-corrected chi connectivity index (χ4v) is 3.24. The van der Waals surface area contributed by atoms with Crippen molar-refractivity contribution in [3.63, 3.8) is 0 Å². The number of sulfonamides is 1. The highest BCUT2D eigenvalue weighted by Gasteiger charge is 2.28. The summed E-state index contributed by atoms with van der Waals surface area (Å²) in [4.78, 5) is 11.2. The third-order valence-electron chi connectivity index (χ3n) is 3.56. The maximum Gasteiger partial charge on any atom is 0.208 e. The van der Waals surface area contributed by atoms with Gasteiger partial charge in [0.1, 0.15) is 5.75 Å². The zero-order valence-electron chi connectivity index (χ0n) is 12.7. The summed E-state index contributed by atoms with van der Waals surface area (Å²) in [6.07, 6.45) is 1.78. The Hall–Kier alpha value is -1.44. The Kier molecular flexibility index (Phi) is 5.55. The summed E-state index contributed by atoms with van der Waals surface area (Å²) in [6, 6.07) is 6.71. The van der Waals surface area contributed by atoms with E-state index in [1.807, 2.05) is 0 Å². The molecule has 1 N–H and O–H groups in total. The van der Waals surface area contributed by atoms with Gasteiger partial charge in [-0.15, -0.1) is 0 Å². The van der Waals surface area contributed by atoms with Crippen LogP contribution < -0.4 is 9.46 Å². The Balaban J connectivity index is 1.94. The Morgan fingerprint density at radius 2 is 2.05 bits per heavy atom. The van der Waals surface area contributed by atoms with Gasteiger partial charge in [0.15, 0.2) is 5.78 Å². The molecule has 2 unspecified atom stereocenters. The van der Waals surface area contributed by atoms with Crippen molar-refractivity contribution in [2.75, 3.05) is 26.1 Å². The summed E-state index contributed by atoms with van der Waals surface area (Å²) in [7, 11) is -3.25. The van der Waals surface area contributed by atoms with Gasteiger partial charge >= 0.3 is 0 Å². The largest absolute Gasteiger partial charge is 0.493 e. The standard InChI is InChI=1S/C15H21NO5S/c1-11(17)12-3-5-14(6-4-12)21-10-13-9-20-8-7-15(13)16-22(2,18)19/h3-6,13,15-16H,7-10H2,1-2H3. The van der Waals surface area contributed by atoms with Crippen LogP contribution in [0.15, 0.2) is 24.3 Å². The SMILES string of the molecule is CC(=O)c1ccc(OCC2COCCC2NS(C)(=O)=O)cc1. The van der Waals surface area contributed by atoms with Crippen LogP contribution in [-0.2, 0) is 14.8 Å². The van der Waals surface area contributed by atoms with Crippen molar-refractivity contribution >= 4 is 15.8 Å². The van der Waals surface area contributed by atoms with Crippen LogP contribution in [0.25, 0.3) is 0 Å². The van der Waals surface area contributed by atoms with Crippen LogP contribution in [0.2, 0.25) is 0 Å². The summed E-state index contributed by atoms with van der Waals surface area (Å²) in [5, 5.41) is 0. The molecule has 6 nitrogen and oxygen atoms in total. The van der Waals surface area contributed by atoms with E-state index in [9.17, 15) is 13.2 Å². The van der Waals surface area contributed by atoms with Gasteiger partial charge in [-0.05, 0) is 37.6 Å². The van der Waals surface area contributed by atoms with Gasteiger partial charge in [0.2, 0.25) is 10.0 Å². The Morgan fingerprint density at radius 3 is 2.64 bits per heavy atom. The van der Waals surface area contributed by atoms with Gasteiger partial charge in [0.05, 0.1) is 19.5 Å².